The SMILES string of the molecule is CCCOc1ccc(C(CN)Nc2cccc(C)c2)cc1. The summed E-state index contributed by atoms with van der Waals surface area (Å²) in [6.07, 6.45) is 1.02. The molecule has 0 saturated carbocycles. The summed E-state index contributed by atoms with van der Waals surface area (Å²) in [5, 5.41) is 3.48. The fourth-order valence-corrected chi connectivity index (χ4v) is 2.23. The van der Waals surface area contributed by atoms with Crippen molar-refractivity contribution in [3.63, 3.8) is 0 Å². The lowest BCUT2D eigenvalue weighted by Crippen LogP contribution is -2.20. The van der Waals surface area contributed by atoms with Gasteiger partial charge < -0.3 is 15.8 Å². The number of benzene rings is 2. The van der Waals surface area contributed by atoms with Gasteiger partial charge in [0.05, 0.1) is 12.6 Å². The molecule has 0 aliphatic heterocycles. The fraction of sp³-hybridized carbons (Fsp3) is 0.333. The van der Waals surface area contributed by atoms with Gasteiger partial charge in [0, 0.05) is 12.2 Å². The molecule has 0 amide bonds. The van der Waals surface area contributed by atoms with Crippen molar-refractivity contribution in [2.45, 2.75) is 26.3 Å². The molecule has 0 aliphatic carbocycles. The molecule has 3 heteroatoms. The van der Waals surface area contributed by atoms with Crippen LogP contribution in [0, 0.1) is 6.92 Å². The Kier molecular flexibility index (Phi) is 5.64. The Bertz CT molecular complexity index is 551. The lowest BCUT2D eigenvalue weighted by molar-refractivity contribution is 0.317. The van der Waals surface area contributed by atoms with Gasteiger partial charge >= 0.3 is 0 Å². The van der Waals surface area contributed by atoms with Gasteiger partial charge in [-0.1, -0.05) is 31.2 Å². The third-order valence-electron chi connectivity index (χ3n) is 3.35. The first-order valence-electron chi connectivity index (χ1n) is 7.49. The maximum Gasteiger partial charge on any atom is 0.119 e. The highest BCUT2D eigenvalue weighted by atomic mass is 16.5. The third-order valence-corrected chi connectivity index (χ3v) is 3.35. The van der Waals surface area contributed by atoms with E-state index >= 15 is 0 Å². The number of anilines is 1. The molecule has 0 aliphatic rings. The molecule has 3 N–H and O–H groups in total. The normalized spacial score (nSPS) is 12.0. The van der Waals surface area contributed by atoms with Crippen molar-refractivity contribution < 1.29 is 4.74 Å². The first-order valence-corrected chi connectivity index (χ1v) is 7.49. The molecule has 2 aromatic rings. The van der Waals surface area contributed by atoms with Gasteiger partial charge in [0.1, 0.15) is 5.75 Å². The molecule has 112 valence electrons. The minimum Gasteiger partial charge on any atom is -0.494 e. The molecule has 2 aromatic carbocycles. The van der Waals surface area contributed by atoms with Crippen molar-refractivity contribution in [3.05, 3.63) is 59.7 Å². The Morgan fingerprint density at radius 3 is 2.52 bits per heavy atom. The predicted octanol–water partition coefficient (Wildman–Crippen LogP) is 3.90. The highest BCUT2D eigenvalue weighted by Crippen LogP contribution is 2.22. The number of ether oxygens (including phenoxy) is 1. The molecule has 3 nitrogen and oxygen atoms in total. The van der Waals surface area contributed by atoms with Crippen molar-refractivity contribution in [1.29, 1.82) is 0 Å². The van der Waals surface area contributed by atoms with Crippen LogP contribution in [0.4, 0.5) is 5.69 Å². The monoisotopic (exact) mass is 284 g/mol. The number of hydrogen-bond acceptors (Lipinski definition) is 3. The topological polar surface area (TPSA) is 47.3 Å². The number of hydrogen-bond donors (Lipinski definition) is 2. The van der Waals surface area contributed by atoms with Gasteiger partial charge in [0.25, 0.3) is 0 Å². The van der Waals surface area contributed by atoms with Crippen molar-refractivity contribution in [1.82, 2.24) is 0 Å². The van der Waals surface area contributed by atoms with Crippen LogP contribution in [0.3, 0.4) is 0 Å². The Balaban J connectivity index is 2.06. The summed E-state index contributed by atoms with van der Waals surface area (Å²) < 4.78 is 5.61. The van der Waals surface area contributed by atoms with Crippen LogP contribution >= 0.6 is 0 Å². The maximum absolute atomic E-state index is 5.92. The molecular formula is C18H24N2O. The average Bonchev–Trinajstić information content (AvgIpc) is 2.51. The van der Waals surface area contributed by atoms with E-state index in [9.17, 15) is 0 Å². The number of aryl methyl sites for hydroxylation is 1. The van der Waals surface area contributed by atoms with Crippen LogP contribution in [0.5, 0.6) is 5.75 Å². The van der Waals surface area contributed by atoms with Gasteiger partial charge in [-0.25, -0.2) is 0 Å². The van der Waals surface area contributed by atoms with Crippen LogP contribution in [0.25, 0.3) is 0 Å². The van der Waals surface area contributed by atoms with Gasteiger partial charge in [-0.15, -0.1) is 0 Å². The van der Waals surface area contributed by atoms with E-state index in [0.717, 1.165) is 24.5 Å². The van der Waals surface area contributed by atoms with E-state index < -0.39 is 0 Å². The molecule has 21 heavy (non-hydrogen) atoms. The summed E-state index contributed by atoms with van der Waals surface area (Å²) in [5.74, 6) is 0.909. The smallest absolute Gasteiger partial charge is 0.119 e. The third kappa shape index (κ3) is 4.50. The Morgan fingerprint density at radius 2 is 1.90 bits per heavy atom. The highest BCUT2D eigenvalue weighted by molar-refractivity contribution is 5.48. The van der Waals surface area contributed by atoms with Crippen LogP contribution < -0.4 is 15.8 Å². The van der Waals surface area contributed by atoms with Crippen LogP contribution in [0.15, 0.2) is 48.5 Å². The predicted molar refractivity (Wildman–Crippen MR) is 88.8 cm³/mol. The van der Waals surface area contributed by atoms with Gasteiger partial charge in [-0.05, 0) is 48.7 Å². The van der Waals surface area contributed by atoms with E-state index in [4.69, 9.17) is 10.5 Å². The maximum atomic E-state index is 5.92. The first kappa shape index (κ1) is 15.4. The molecule has 0 fully saturated rings. The average molecular weight is 284 g/mol. The summed E-state index contributed by atoms with van der Waals surface area (Å²) in [6.45, 7) is 5.48. The lowest BCUT2D eigenvalue weighted by Gasteiger charge is -2.19. The fourth-order valence-electron chi connectivity index (χ4n) is 2.23. The second-order valence-corrected chi connectivity index (χ2v) is 5.22. The quantitative estimate of drug-likeness (QED) is 0.810. The molecule has 0 saturated heterocycles. The van der Waals surface area contributed by atoms with Gasteiger partial charge in [0.15, 0.2) is 0 Å². The summed E-state index contributed by atoms with van der Waals surface area (Å²) in [7, 11) is 0. The number of rotatable bonds is 7. The number of nitrogens with two attached hydrogens (primary N) is 1. The zero-order chi connectivity index (χ0) is 15.1. The minimum absolute atomic E-state index is 0.104. The van der Waals surface area contributed by atoms with E-state index in [1.165, 1.54) is 11.1 Å². The summed E-state index contributed by atoms with van der Waals surface area (Å²) in [4.78, 5) is 0. The number of nitrogens with one attached hydrogen (secondary N) is 1. The molecule has 0 bridgehead atoms. The Hall–Kier alpha value is -2.00. The summed E-state index contributed by atoms with van der Waals surface area (Å²) >= 11 is 0. The molecule has 1 unspecified atom stereocenters. The minimum atomic E-state index is 0.104. The van der Waals surface area contributed by atoms with Crippen LogP contribution in [-0.2, 0) is 0 Å². The van der Waals surface area contributed by atoms with E-state index in [0.29, 0.717) is 6.54 Å². The zero-order valence-corrected chi connectivity index (χ0v) is 12.8. The van der Waals surface area contributed by atoms with Crippen molar-refractivity contribution >= 4 is 5.69 Å². The van der Waals surface area contributed by atoms with Crippen LogP contribution in [-0.4, -0.2) is 13.2 Å². The van der Waals surface area contributed by atoms with Gasteiger partial charge in [0.2, 0.25) is 0 Å². The standard InChI is InChI=1S/C18H24N2O/c1-3-11-21-17-9-7-15(8-10-17)18(13-19)20-16-6-4-5-14(2)12-16/h4-10,12,18,20H,3,11,13,19H2,1-2H3. The lowest BCUT2D eigenvalue weighted by atomic mass is 10.1. The van der Waals surface area contributed by atoms with Crippen molar-refractivity contribution in [3.8, 4) is 5.75 Å². The molecule has 0 radical (unpaired) electrons. The van der Waals surface area contributed by atoms with Gasteiger partial charge in [-0.2, -0.15) is 0 Å². The van der Waals surface area contributed by atoms with E-state index in [1.807, 2.05) is 18.2 Å². The summed E-state index contributed by atoms with van der Waals surface area (Å²) in [6, 6.07) is 16.6. The van der Waals surface area contributed by atoms with Crippen LogP contribution in [0.1, 0.15) is 30.5 Å². The second-order valence-electron chi connectivity index (χ2n) is 5.22. The van der Waals surface area contributed by atoms with Crippen molar-refractivity contribution in [2.75, 3.05) is 18.5 Å². The molecule has 0 aromatic heterocycles. The molecule has 2 rings (SSSR count). The van der Waals surface area contributed by atoms with Crippen molar-refractivity contribution in [2.24, 2.45) is 5.73 Å². The highest BCUT2D eigenvalue weighted by Gasteiger charge is 2.09. The molecule has 1 atom stereocenters. The molecule has 0 spiro atoms. The largest absolute Gasteiger partial charge is 0.494 e. The second kappa shape index (κ2) is 7.70. The van der Waals surface area contributed by atoms with E-state index in [1.54, 1.807) is 0 Å². The van der Waals surface area contributed by atoms with E-state index in [-0.39, 0.29) is 6.04 Å². The zero-order valence-electron chi connectivity index (χ0n) is 12.8. The first-order chi connectivity index (χ1) is 10.2. The molecule has 0 heterocycles. The molecular weight excluding hydrogens is 260 g/mol. The van der Waals surface area contributed by atoms with Gasteiger partial charge in [-0.3, -0.25) is 0 Å². The Labute approximate surface area is 127 Å². The Morgan fingerprint density at radius 1 is 1.14 bits per heavy atom. The summed E-state index contributed by atoms with van der Waals surface area (Å²) in [5.41, 5.74) is 9.41. The van der Waals surface area contributed by atoms with Crippen LogP contribution in [0.2, 0.25) is 0 Å². The van der Waals surface area contributed by atoms with E-state index in [2.05, 4.69) is 49.5 Å².